The molecule has 0 bridgehead atoms. The summed E-state index contributed by atoms with van der Waals surface area (Å²) in [4.78, 5) is 30.5. The highest BCUT2D eigenvalue weighted by atomic mass is 32.1. The van der Waals surface area contributed by atoms with Crippen molar-refractivity contribution in [1.29, 1.82) is 0 Å². The average Bonchev–Trinajstić information content (AvgIpc) is 2.98. The van der Waals surface area contributed by atoms with Crippen LogP contribution in [0.1, 0.15) is 46.0 Å². The van der Waals surface area contributed by atoms with E-state index in [2.05, 4.69) is 20.2 Å². The molecule has 1 amide bonds. The third kappa shape index (κ3) is 3.51. The Morgan fingerprint density at radius 2 is 1.85 bits per heavy atom. The number of fused-ring (bicyclic) bond motifs is 1. The number of pyridine rings is 1. The summed E-state index contributed by atoms with van der Waals surface area (Å²) < 4.78 is 0. The summed E-state index contributed by atoms with van der Waals surface area (Å²) in [6.45, 7) is 7.83. The van der Waals surface area contributed by atoms with Crippen LogP contribution in [-0.4, -0.2) is 33.9 Å². The van der Waals surface area contributed by atoms with Crippen LogP contribution >= 0.6 is 11.3 Å². The first-order chi connectivity index (χ1) is 13.0. The lowest BCUT2D eigenvalue weighted by Gasteiger charge is -2.28. The van der Waals surface area contributed by atoms with Gasteiger partial charge in [-0.05, 0) is 57.7 Å². The molecule has 0 aliphatic carbocycles. The highest BCUT2D eigenvalue weighted by Crippen LogP contribution is 2.36. The van der Waals surface area contributed by atoms with E-state index in [4.69, 9.17) is 4.98 Å². The number of aromatic nitrogens is 3. The monoisotopic (exact) mass is 381 g/mol. The van der Waals surface area contributed by atoms with E-state index in [0.29, 0.717) is 10.7 Å². The number of aryl methyl sites for hydroxylation is 3. The van der Waals surface area contributed by atoms with E-state index in [1.807, 2.05) is 32.9 Å². The van der Waals surface area contributed by atoms with Crippen molar-refractivity contribution in [2.75, 3.05) is 23.3 Å². The van der Waals surface area contributed by atoms with Crippen LogP contribution in [0, 0.1) is 20.8 Å². The van der Waals surface area contributed by atoms with Crippen molar-refractivity contribution in [1.82, 2.24) is 15.0 Å². The van der Waals surface area contributed by atoms with Crippen molar-refractivity contribution < 1.29 is 4.79 Å². The molecule has 27 heavy (non-hydrogen) atoms. The Morgan fingerprint density at radius 1 is 1.07 bits per heavy atom. The van der Waals surface area contributed by atoms with E-state index in [0.717, 1.165) is 46.2 Å². The van der Waals surface area contributed by atoms with Crippen LogP contribution in [0.15, 0.2) is 18.2 Å². The van der Waals surface area contributed by atoms with Crippen molar-refractivity contribution >= 4 is 39.1 Å². The Kier molecular flexibility index (Phi) is 4.78. The molecule has 0 atom stereocenters. The zero-order valence-electron chi connectivity index (χ0n) is 15.9. The molecule has 6 nitrogen and oxygen atoms in total. The lowest BCUT2D eigenvalue weighted by molar-refractivity contribution is 0.102. The van der Waals surface area contributed by atoms with Gasteiger partial charge in [0.05, 0.1) is 10.3 Å². The Hall–Kier alpha value is -2.54. The summed E-state index contributed by atoms with van der Waals surface area (Å²) >= 11 is 1.43. The van der Waals surface area contributed by atoms with Crippen molar-refractivity contribution in [3.8, 4) is 0 Å². The number of anilines is 2. The molecule has 1 fully saturated rings. The van der Waals surface area contributed by atoms with E-state index in [1.165, 1.54) is 30.6 Å². The summed E-state index contributed by atoms with van der Waals surface area (Å²) in [5.41, 5.74) is 1.82. The van der Waals surface area contributed by atoms with Gasteiger partial charge in [0, 0.05) is 18.8 Å². The number of nitrogens with zero attached hydrogens (tertiary/aromatic N) is 4. The van der Waals surface area contributed by atoms with E-state index in [-0.39, 0.29) is 5.91 Å². The summed E-state index contributed by atoms with van der Waals surface area (Å²) in [5.74, 6) is 2.14. The summed E-state index contributed by atoms with van der Waals surface area (Å²) in [6.07, 6.45) is 3.63. The quantitative estimate of drug-likeness (QED) is 0.734. The maximum Gasteiger partial charge on any atom is 0.267 e. The topological polar surface area (TPSA) is 71.0 Å². The molecule has 7 heteroatoms. The van der Waals surface area contributed by atoms with Gasteiger partial charge in [-0.3, -0.25) is 4.79 Å². The van der Waals surface area contributed by atoms with Gasteiger partial charge in [-0.1, -0.05) is 6.07 Å². The molecule has 0 aromatic carbocycles. The maximum absolute atomic E-state index is 12.9. The first-order valence-corrected chi connectivity index (χ1v) is 10.1. The average molecular weight is 382 g/mol. The molecule has 4 heterocycles. The van der Waals surface area contributed by atoms with Gasteiger partial charge < -0.3 is 10.2 Å². The Bertz CT molecular complexity index is 1010. The normalized spacial score (nSPS) is 14.6. The Labute approximate surface area is 162 Å². The molecule has 3 aromatic rings. The Morgan fingerprint density at radius 3 is 2.59 bits per heavy atom. The van der Waals surface area contributed by atoms with Crippen LogP contribution in [0.2, 0.25) is 0 Å². The second-order valence-corrected chi connectivity index (χ2v) is 8.00. The van der Waals surface area contributed by atoms with Gasteiger partial charge in [0.2, 0.25) is 0 Å². The number of hydrogen-bond donors (Lipinski definition) is 1. The maximum atomic E-state index is 12.9. The fourth-order valence-electron chi connectivity index (χ4n) is 3.56. The van der Waals surface area contributed by atoms with E-state index in [1.54, 1.807) is 6.07 Å². The third-order valence-corrected chi connectivity index (χ3v) is 6.06. The predicted octanol–water partition coefficient (Wildman–Crippen LogP) is 4.25. The smallest absolute Gasteiger partial charge is 0.267 e. The van der Waals surface area contributed by atoms with Gasteiger partial charge in [0.1, 0.15) is 22.3 Å². The number of amides is 1. The van der Waals surface area contributed by atoms with Crippen molar-refractivity contribution in [2.24, 2.45) is 0 Å². The fourth-order valence-corrected chi connectivity index (χ4v) is 4.67. The summed E-state index contributed by atoms with van der Waals surface area (Å²) in [7, 11) is 0. The lowest BCUT2D eigenvalue weighted by Crippen LogP contribution is -2.30. The summed E-state index contributed by atoms with van der Waals surface area (Å²) in [5, 5.41) is 3.92. The predicted molar refractivity (Wildman–Crippen MR) is 110 cm³/mol. The van der Waals surface area contributed by atoms with E-state index < -0.39 is 0 Å². The second-order valence-electron chi connectivity index (χ2n) is 7.00. The van der Waals surface area contributed by atoms with Crippen LogP contribution in [0.4, 0.5) is 11.6 Å². The van der Waals surface area contributed by atoms with Gasteiger partial charge in [-0.25, -0.2) is 15.0 Å². The van der Waals surface area contributed by atoms with Gasteiger partial charge >= 0.3 is 0 Å². The lowest BCUT2D eigenvalue weighted by atomic mass is 10.1. The zero-order chi connectivity index (χ0) is 19.0. The molecule has 1 aliphatic rings. The van der Waals surface area contributed by atoms with Crippen molar-refractivity contribution in [3.63, 3.8) is 0 Å². The van der Waals surface area contributed by atoms with Gasteiger partial charge in [-0.15, -0.1) is 11.3 Å². The molecule has 4 rings (SSSR count). The second kappa shape index (κ2) is 7.23. The molecule has 3 aromatic heterocycles. The molecule has 1 saturated heterocycles. The van der Waals surface area contributed by atoms with Crippen LogP contribution in [-0.2, 0) is 0 Å². The van der Waals surface area contributed by atoms with Crippen molar-refractivity contribution in [3.05, 3.63) is 40.2 Å². The minimum Gasteiger partial charge on any atom is -0.356 e. The first kappa shape index (κ1) is 17.9. The molecular weight excluding hydrogens is 358 g/mol. The Balaban J connectivity index is 1.74. The summed E-state index contributed by atoms with van der Waals surface area (Å²) in [6, 6.07) is 5.60. The van der Waals surface area contributed by atoms with Crippen LogP contribution in [0.25, 0.3) is 10.2 Å². The number of piperidine rings is 1. The van der Waals surface area contributed by atoms with Gasteiger partial charge in [0.15, 0.2) is 0 Å². The highest BCUT2D eigenvalue weighted by molar-refractivity contribution is 7.20. The molecule has 0 saturated carbocycles. The number of carbonyl (C=O) groups is 1. The molecular formula is C20H23N5OS. The zero-order valence-corrected chi connectivity index (χ0v) is 16.7. The molecule has 0 spiro atoms. The first-order valence-electron chi connectivity index (χ1n) is 9.30. The van der Waals surface area contributed by atoms with Gasteiger partial charge in [-0.2, -0.15) is 0 Å². The molecule has 1 N–H and O–H groups in total. The minimum absolute atomic E-state index is 0.143. The largest absolute Gasteiger partial charge is 0.356 e. The molecule has 0 unspecified atom stereocenters. The number of carbonyl (C=O) groups excluding carboxylic acids is 1. The SMILES string of the molecule is Cc1cccc(NC(=O)c2sc3nc(C)nc(N4CCCCC4)c3c2C)n1. The van der Waals surface area contributed by atoms with E-state index in [9.17, 15) is 4.79 Å². The fraction of sp³-hybridized carbons (Fsp3) is 0.400. The standard InChI is InChI=1S/C20H23N5OS/c1-12-8-7-9-15(21-12)24-19(26)17-13(2)16-18(25-10-5-4-6-11-25)22-14(3)23-20(16)27-17/h7-9H,4-6,10-11H2,1-3H3,(H,21,24,26). The van der Waals surface area contributed by atoms with Crippen LogP contribution in [0.5, 0.6) is 0 Å². The molecule has 140 valence electrons. The highest BCUT2D eigenvalue weighted by Gasteiger charge is 2.23. The van der Waals surface area contributed by atoms with Gasteiger partial charge in [0.25, 0.3) is 5.91 Å². The number of rotatable bonds is 3. The van der Waals surface area contributed by atoms with Crippen molar-refractivity contribution in [2.45, 2.75) is 40.0 Å². The number of hydrogen-bond acceptors (Lipinski definition) is 6. The minimum atomic E-state index is -0.143. The van der Waals surface area contributed by atoms with Crippen LogP contribution in [0.3, 0.4) is 0 Å². The molecule has 1 aliphatic heterocycles. The third-order valence-electron chi connectivity index (χ3n) is 4.87. The molecule has 0 radical (unpaired) electrons. The van der Waals surface area contributed by atoms with E-state index >= 15 is 0 Å². The number of thiophene rings is 1. The number of nitrogens with one attached hydrogen (secondary N) is 1. The van der Waals surface area contributed by atoms with Crippen LogP contribution < -0.4 is 10.2 Å².